The molecule has 2 heterocycles. The molecule has 3 nitrogen and oxygen atoms in total. The van der Waals surface area contributed by atoms with Gasteiger partial charge in [-0.2, -0.15) is 0 Å². The number of piperidine rings is 1. The highest BCUT2D eigenvalue weighted by Crippen LogP contribution is 2.44. The first-order valence-corrected chi connectivity index (χ1v) is 8.66. The Hall–Kier alpha value is -0.790. The maximum atomic E-state index is 9.83. The molecule has 2 aliphatic heterocycles. The van der Waals surface area contributed by atoms with Gasteiger partial charge in [0.05, 0.1) is 0 Å². The van der Waals surface area contributed by atoms with Gasteiger partial charge in [-0.15, -0.1) is 9.24 Å². The number of hydrogen-bond donors (Lipinski definition) is 2. The van der Waals surface area contributed by atoms with Crippen LogP contribution in [0.25, 0.3) is 0 Å². The van der Waals surface area contributed by atoms with E-state index in [2.05, 4.69) is 28.0 Å². The van der Waals surface area contributed by atoms with Gasteiger partial charge in [0, 0.05) is 19.1 Å². The first kappa shape index (κ1) is 15.1. The van der Waals surface area contributed by atoms with Crippen LogP contribution >= 0.6 is 9.24 Å². The summed E-state index contributed by atoms with van der Waals surface area (Å²) >= 11 is 0. The quantitative estimate of drug-likeness (QED) is 0.651. The van der Waals surface area contributed by atoms with E-state index in [9.17, 15) is 10.2 Å². The van der Waals surface area contributed by atoms with Crippen molar-refractivity contribution >= 4 is 9.24 Å². The van der Waals surface area contributed by atoms with Crippen LogP contribution < -0.4 is 0 Å². The summed E-state index contributed by atoms with van der Waals surface area (Å²) in [5.41, 5.74) is 3.05. The summed E-state index contributed by atoms with van der Waals surface area (Å²) in [6.07, 6.45) is 3.37. The van der Waals surface area contributed by atoms with Gasteiger partial charge < -0.3 is 10.2 Å². The third-order valence-electron chi connectivity index (χ3n) is 5.05. The summed E-state index contributed by atoms with van der Waals surface area (Å²) in [5, 5.41) is 19.5. The Kier molecular flexibility index (Phi) is 4.16. The molecule has 4 heteroatoms. The number of hydrogen-bond acceptors (Lipinski definition) is 3. The molecule has 3 rings (SSSR count). The van der Waals surface area contributed by atoms with Gasteiger partial charge in [-0.25, -0.2) is 0 Å². The lowest BCUT2D eigenvalue weighted by Gasteiger charge is -2.46. The molecule has 0 aromatic heterocycles. The largest absolute Gasteiger partial charge is 0.504 e. The average Bonchev–Trinajstić information content (AvgIpc) is 2.41. The predicted octanol–water partition coefficient (Wildman–Crippen LogP) is 3.31. The van der Waals surface area contributed by atoms with Crippen molar-refractivity contribution in [2.24, 2.45) is 11.8 Å². The molecule has 0 bridgehead atoms. The lowest BCUT2D eigenvalue weighted by molar-refractivity contribution is 0.0940. The molecular weight excluding hydrogens is 281 g/mol. The molecule has 1 saturated heterocycles. The first-order chi connectivity index (χ1) is 9.95. The predicted molar refractivity (Wildman–Crippen MR) is 88.8 cm³/mol. The first-order valence-electron chi connectivity index (χ1n) is 8.00. The number of phenolic OH excluding ortho intramolecular Hbond substituents is 2. The van der Waals surface area contributed by atoms with E-state index in [0.29, 0.717) is 11.7 Å². The number of nitrogens with zero attached hydrogens (tertiary/aromatic N) is 1. The smallest absolute Gasteiger partial charge is 0.157 e. The second-order valence-corrected chi connectivity index (χ2v) is 7.95. The van der Waals surface area contributed by atoms with Crippen LogP contribution in [0.2, 0.25) is 0 Å². The fraction of sp³-hybridized carbons (Fsp3) is 0.647. The number of fused-ring (bicyclic) bond motifs is 3. The SMILES string of the molecule is CC(C)C[C@@H]1CN2CCc3cc(O)c(O)cc3[C@H]2CC1P. The molecule has 2 unspecified atom stereocenters. The minimum atomic E-state index is 0.0121. The zero-order chi connectivity index (χ0) is 15.1. The highest BCUT2D eigenvalue weighted by Gasteiger charge is 2.37. The fourth-order valence-corrected chi connectivity index (χ4v) is 4.55. The number of benzene rings is 1. The van der Waals surface area contributed by atoms with E-state index in [-0.39, 0.29) is 11.5 Å². The third-order valence-corrected chi connectivity index (χ3v) is 5.87. The summed E-state index contributed by atoms with van der Waals surface area (Å²) in [5.74, 6) is 1.52. The molecule has 1 aromatic carbocycles. The van der Waals surface area contributed by atoms with Crippen molar-refractivity contribution in [2.75, 3.05) is 13.1 Å². The molecule has 0 saturated carbocycles. The van der Waals surface area contributed by atoms with E-state index in [1.54, 1.807) is 12.1 Å². The molecular formula is C17H26NO2P. The van der Waals surface area contributed by atoms with Gasteiger partial charge in [0.1, 0.15) is 0 Å². The van der Waals surface area contributed by atoms with E-state index >= 15 is 0 Å². The molecule has 0 amide bonds. The van der Waals surface area contributed by atoms with Crippen molar-refractivity contribution in [3.05, 3.63) is 23.3 Å². The van der Waals surface area contributed by atoms with E-state index in [1.807, 2.05) is 0 Å². The molecule has 1 aromatic rings. The number of rotatable bonds is 2. The normalized spacial score (nSPS) is 29.2. The van der Waals surface area contributed by atoms with Gasteiger partial charge >= 0.3 is 0 Å². The van der Waals surface area contributed by atoms with Crippen LogP contribution in [0.3, 0.4) is 0 Å². The van der Waals surface area contributed by atoms with Crippen LogP contribution in [0.5, 0.6) is 11.5 Å². The molecule has 2 N–H and O–H groups in total. The van der Waals surface area contributed by atoms with Gasteiger partial charge in [0.15, 0.2) is 11.5 Å². The van der Waals surface area contributed by atoms with Crippen molar-refractivity contribution in [3.8, 4) is 11.5 Å². The number of phenols is 2. The average molecular weight is 307 g/mol. The molecule has 0 aliphatic carbocycles. The summed E-state index contributed by atoms with van der Waals surface area (Å²) in [6.45, 7) is 6.82. The highest BCUT2D eigenvalue weighted by molar-refractivity contribution is 7.17. The van der Waals surface area contributed by atoms with E-state index < -0.39 is 0 Å². The highest BCUT2D eigenvalue weighted by atomic mass is 31.0. The monoisotopic (exact) mass is 307 g/mol. The van der Waals surface area contributed by atoms with Gasteiger partial charge in [-0.05, 0) is 60.0 Å². The van der Waals surface area contributed by atoms with E-state index in [1.165, 1.54) is 17.5 Å². The molecule has 21 heavy (non-hydrogen) atoms. The van der Waals surface area contributed by atoms with E-state index in [4.69, 9.17) is 0 Å². The van der Waals surface area contributed by atoms with Gasteiger partial charge in [0.25, 0.3) is 0 Å². The Balaban J connectivity index is 1.85. The molecule has 0 radical (unpaired) electrons. The van der Waals surface area contributed by atoms with Crippen LogP contribution in [0.4, 0.5) is 0 Å². The second-order valence-electron chi connectivity index (χ2n) is 7.09. The maximum Gasteiger partial charge on any atom is 0.157 e. The Morgan fingerprint density at radius 3 is 2.71 bits per heavy atom. The molecule has 116 valence electrons. The Labute approximate surface area is 129 Å². The lowest BCUT2D eigenvalue weighted by Crippen LogP contribution is -2.46. The van der Waals surface area contributed by atoms with Crippen LogP contribution in [0, 0.1) is 11.8 Å². The zero-order valence-corrected chi connectivity index (χ0v) is 14.1. The van der Waals surface area contributed by atoms with Gasteiger partial charge in [0.2, 0.25) is 0 Å². The lowest BCUT2D eigenvalue weighted by atomic mass is 9.80. The Morgan fingerprint density at radius 2 is 2.00 bits per heavy atom. The van der Waals surface area contributed by atoms with Gasteiger partial charge in [-0.1, -0.05) is 13.8 Å². The topological polar surface area (TPSA) is 43.7 Å². The Morgan fingerprint density at radius 1 is 1.29 bits per heavy atom. The Bertz CT molecular complexity index is 532. The van der Waals surface area contributed by atoms with Crippen molar-refractivity contribution < 1.29 is 10.2 Å². The van der Waals surface area contributed by atoms with Crippen LogP contribution in [0.15, 0.2) is 12.1 Å². The summed E-state index contributed by atoms with van der Waals surface area (Å²) < 4.78 is 0. The second kappa shape index (κ2) is 5.78. The van der Waals surface area contributed by atoms with Gasteiger partial charge in [-0.3, -0.25) is 4.90 Å². The maximum absolute atomic E-state index is 9.83. The molecule has 1 fully saturated rings. The standard InChI is InChI=1S/C17H26NO2P/c1-10(2)5-12-9-18-4-3-11-6-15(19)16(20)7-13(11)14(18)8-17(12)21/h6-7,10,12,14,17,19-20H,3-5,8-9,21H2,1-2H3/t12-,14-,17?/m1/s1. The molecule has 4 atom stereocenters. The van der Waals surface area contributed by atoms with Crippen LogP contribution in [-0.2, 0) is 6.42 Å². The van der Waals surface area contributed by atoms with Crippen molar-refractivity contribution in [3.63, 3.8) is 0 Å². The zero-order valence-electron chi connectivity index (χ0n) is 12.9. The van der Waals surface area contributed by atoms with Crippen molar-refractivity contribution in [1.82, 2.24) is 4.90 Å². The summed E-state index contributed by atoms with van der Waals surface area (Å²) in [4.78, 5) is 2.58. The summed E-state index contributed by atoms with van der Waals surface area (Å²) in [7, 11) is 3.05. The van der Waals surface area contributed by atoms with Crippen molar-refractivity contribution in [2.45, 2.75) is 44.8 Å². The third kappa shape index (κ3) is 2.91. The number of aromatic hydroxyl groups is 2. The van der Waals surface area contributed by atoms with Crippen molar-refractivity contribution in [1.29, 1.82) is 0 Å². The van der Waals surface area contributed by atoms with Crippen LogP contribution in [-0.4, -0.2) is 33.9 Å². The fourth-order valence-electron chi connectivity index (χ4n) is 4.02. The van der Waals surface area contributed by atoms with E-state index in [0.717, 1.165) is 37.8 Å². The molecule has 2 aliphatic rings. The minimum Gasteiger partial charge on any atom is -0.504 e. The minimum absolute atomic E-state index is 0.0121. The summed E-state index contributed by atoms with van der Waals surface area (Å²) in [6, 6.07) is 3.92. The molecule has 0 spiro atoms. The van der Waals surface area contributed by atoms with Crippen LogP contribution in [0.1, 0.15) is 43.9 Å².